The summed E-state index contributed by atoms with van der Waals surface area (Å²) >= 11 is 0. The first-order chi connectivity index (χ1) is 12.5. The third-order valence-corrected chi connectivity index (χ3v) is 3.91. The molecule has 1 aliphatic rings. The first kappa shape index (κ1) is 17.5. The lowest BCUT2D eigenvalue weighted by Crippen LogP contribution is -2.08. The average molecular weight is 355 g/mol. The number of hydrogen-bond acceptors (Lipinski definition) is 6. The Kier molecular flexibility index (Phi) is 5.17. The van der Waals surface area contributed by atoms with Crippen molar-refractivity contribution in [1.29, 1.82) is 0 Å². The molecule has 7 nitrogen and oxygen atoms in total. The van der Waals surface area contributed by atoms with Gasteiger partial charge in [-0.2, -0.15) is 0 Å². The molecule has 1 N–H and O–H groups in total. The van der Waals surface area contributed by atoms with Crippen molar-refractivity contribution in [1.82, 2.24) is 0 Å². The Morgan fingerprint density at radius 1 is 1.08 bits per heavy atom. The second kappa shape index (κ2) is 7.69. The fraction of sp³-hybridized carbons (Fsp3) is 0.211. The summed E-state index contributed by atoms with van der Waals surface area (Å²) < 4.78 is 11.3. The molecule has 1 heterocycles. The van der Waals surface area contributed by atoms with Crippen LogP contribution in [-0.4, -0.2) is 29.0 Å². The van der Waals surface area contributed by atoms with Crippen LogP contribution in [0.15, 0.2) is 42.5 Å². The third-order valence-electron chi connectivity index (χ3n) is 3.91. The molecule has 0 radical (unpaired) electrons. The number of hydrogen-bond donors (Lipinski definition) is 1. The number of benzene rings is 2. The molecule has 134 valence electrons. The second-order valence-electron chi connectivity index (χ2n) is 5.77. The van der Waals surface area contributed by atoms with Crippen LogP contribution in [0.5, 0.6) is 17.2 Å². The predicted octanol–water partition coefficient (Wildman–Crippen LogP) is 3.75. The molecule has 0 saturated carbocycles. The number of ketones is 1. The molecule has 3 rings (SSSR count). The summed E-state index contributed by atoms with van der Waals surface area (Å²) in [6.07, 6.45) is 4.65. The first-order valence-corrected chi connectivity index (χ1v) is 8.14. The van der Waals surface area contributed by atoms with E-state index in [9.17, 15) is 20.0 Å². The molecule has 0 fully saturated rings. The summed E-state index contributed by atoms with van der Waals surface area (Å²) in [5.74, 6) is 0.428. The molecular weight excluding hydrogens is 338 g/mol. The summed E-state index contributed by atoms with van der Waals surface area (Å²) in [6, 6.07) is 8.64. The Balaban J connectivity index is 1.81. The highest BCUT2D eigenvalue weighted by molar-refractivity contribution is 6.09. The Morgan fingerprint density at radius 3 is 2.54 bits per heavy atom. The first-order valence-electron chi connectivity index (χ1n) is 8.14. The van der Waals surface area contributed by atoms with Crippen molar-refractivity contribution in [3.8, 4) is 17.2 Å². The Labute approximate surface area is 149 Å². The SMILES string of the molecule is O=C(/C=C/c1ccc2c(c1)OCCCCO2)c1cc([N+](=O)[O-])ccc1O. The number of phenolic OH excluding ortho intramolecular Hbond substituents is 1. The number of phenols is 1. The molecule has 0 aromatic heterocycles. The minimum atomic E-state index is -0.619. The van der Waals surface area contributed by atoms with Gasteiger partial charge in [0.2, 0.25) is 0 Å². The molecule has 2 aromatic rings. The van der Waals surface area contributed by atoms with E-state index in [-0.39, 0.29) is 17.0 Å². The molecule has 0 amide bonds. The van der Waals surface area contributed by atoms with Crippen molar-refractivity contribution in [3.05, 3.63) is 63.7 Å². The summed E-state index contributed by atoms with van der Waals surface area (Å²) in [5.41, 5.74) is 0.332. The third kappa shape index (κ3) is 4.00. The van der Waals surface area contributed by atoms with E-state index in [2.05, 4.69) is 0 Å². The molecule has 0 spiro atoms. The number of non-ortho nitro benzene ring substituents is 1. The highest BCUT2D eigenvalue weighted by Crippen LogP contribution is 2.31. The van der Waals surface area contributed by atoms with E-state index in [0.29, 0.717) is 30.3 Å². The largest absolute Gasteiger partial charge is 0.507 e. The van der Waals surface area contributed by atoms with Gasteiger partial charge in [-0.05, 0) is 42.7 Å². The fourth-order valence-electron chi connectivity index (χ4n) is 2.53. The van der Waals surface area contributed by atoms with E-state index < -0.39 is 10.7 Å². The Morgan fingerprint density at radius 2 is 1.81 bits per heavy atom. The topological polar surface area (TPSA) is 98.9 Å². The number of carbonyl (C=O) groups is 1. The van der Waals surface area contributed by atoms with Crippen molar-refractivity contribution < 1.29 is 24.3 Å². The molecule has 2 aromatic carbocycles. The van der Waals surface area contributed by atoms with Crippen LogP contribution >= 0.6 is 0 Å². The van der Waals surface area contributed by atoms with Gasteiger partial charge in [0.1, 0.15) is 5.75 Å². The molecule has 1 aliphatic heterocycles. The van der Waals surface area contributed by atoms with Gasteiger partial charge in [0.15, 0.2) is 17.3 Å². The van der Waals surface area contributed by atoms with Crippen LogP contribution in [0, 0.1) is 10.1 Å². The zero-order chi connectivity index (χ0) is 18.5. The minimum absolute atomic E-state index is 0.124. The van der Waals surface area contributed by atoms with Gasteiger partial charge in [-0.1, -0.05) is 12.1 Å². The van der Waals surface area contributed by atoms with Crippen LogP contribution < -0.4 is 9.47 Å². The van der Waals surface area contributed by atoms with Crippen LogP contribution in [-0.2, 0) is 0 Å². The lowest BCUT2D eigenvalue weighted by atomic mass is 10.1. The monoisotopic (exact) mass is 355 g/mol. The Hall–Kier alpha value is -3.35. The van der Waals surface area contributed by atoms with Gasteiger partial charge in [0.25, 0.3) is 5.69 Å². The summed E-state index contributed by atoms with van der Waals surface area (Å²) in [4.78, 5) is 22.5. The number of nitro benzene ring substituents is 1. The maximum atomic E-state index is 12.3. The molecule has 0 unspecified atom stereocenters. The van der Waals surface area contributed by atoms with E-state index >= 15 is 0 Å². The van der Waals surface area contributed by atoms with Gasteiger partial charge >= 0.3 is 0 Å². The lowest BCUT2D eigenvalue weighted by molar-refractivity contribution is -0.384. The standard InChI is InChI=1S/C19H17NO6/c21-16(15-12-14(20(23)24)5-7-17(15)22)6-3-13-4-8-18-19(11-13)26-10-2-1-9-25-18/h3-8,11-12,22H,1-2,9-10H2/b6-3+. The summed E-state index contributed by atoms with van der Waals surface area (Å²) in [7, 11) is 0. The second-order valence-corrected chi connectivity index (χ2v) is 5.77. The summed E-state index contributed by atoms with van der Waals surface area (Å²) in [5, 5.41) is 20.6. The van der Waals surface area contributed by atoms with Gasteiger partial charge in [-0.25, -0.2) is 0 Å². The average Bonchev–Trinajstić information content (AvgIpc) is 2.60. The lowest BCUT2D eigenvalue weighted by Gasteiger charge is -2.16. The molecule has 0 bridgehead atoms. The van der Waals surface area contributed by atoms with E-state index in [0.717, 1.165) is 31.0 Å². The summed E-state index contributed by atoms with van der Waals surface area (Å²) in [6.45, 7) is 1.24. The van der Waals surface area contributed by atoms with Crippen LogP contribution in [0.4, 0.5) is 5.69 Å². The molecular formula is C19H17NO6. The maximum Gasteiger partial charge on any atom is 0.270 e. The zero-order valence-corrected chi connectivity index (χ0v) is 13.9. The highest BCUT2D eigenvalue weighted by Gasteiger charge is 2.15. The molecule has 0 atom stereocenters. The fourth-order valence-corrected chi connectivity index (χ4v) is 2.53. The van der Waals surface area contributed by atoms with Crippen LogP contribution in [0.25, 0.3) is 6.08 Å². The number of rotatable bonds is 4. The van der Waals surface area contributed by atoms with Crippen molar-refractivity contribution in [2.24, 2.45) is 0 Å². The van der Waals surface area contributed by atoms with Crippen molar-refractivity contribution in [3.63, 3.8) is 0 Å². The molecule has 26 heavy (non-hydrogen) atoms. The van der Waals surface area contributed by atoms with Gasteiger partial charge in [-0.15, -0.1) is 0 Å². The highest BCUT2D eigenvalue weighted by atomic mass is 16.6. The molecule has 0 aliphatic carbocycles. The number of carbonyl (C=O) groups excluding carboxylic acids is 1. The van der Waals surface area contributed by atoms with Gasteiger partial charge < -0.3 is 14.6 Å². The zero-order valence-electron chi connectivity index (χ0n) is 13.9. The number of nitro groups is 1. The van der Waals surface area contributed by atoms with Crippen molar-refractivity contribution in [2.45, 2.75) is 12.8 Å². The quantitative estimate of drug-likeness (QED) is 0.388. The Bertz CT molecular complexity index is 874. The van der Waals surface area contributed by atoms with E-state index in [1.807, 2.05) is 0 Å². The van der Waals surface area contributed by atoms with Crippen molar-refractivity contribution in [2.75, 3.05) is 13.2 Å². The van der Waals surface area contributed by atoms with Crippen LogP contribution in [0.2, 0.25) is 0 Å². The van der Waals surface area contributed by atoms with Crippen LogP contribution in [0.1, 0.15) is 28.8 Å². The number of nitrogens with zero attached hydrogens (tertiary/aromatic N) is 1. The van der Waals surface area contributed by atoms with Gasteiger partial charge in [0.05, 0.1) is 23.7 Å². The number of aromatic hydroxyl groups is 1. The number of allylic oxidation sites excluding steroid dienone is 1. The van der Waals surface area contributed by atoms with Gasteiger partial charge in [-0.3, -0.25) is 14.9 Å². The van der Waals surface area contributed by atoms with E-state index in [1.165, 1.54) is 6.08 Å². The van der Waals surface area contributed by atoms with Crippen molar-refractivity contribution >= 4 is 17.5 Å². The minimum Gasteiger partial charge on any atom is -0.507 e. The maximum absolute atomic E-state index is 12.3. The number of ether oxygens (including phenoxy) is 2. The predicted molar refractivity (Wildman–Crippen MR) is 94.8 cm³/mol. The molecule has 0 saturated heterocycles. The molecule has 7 heteroatoms. The van der Waals surface area contributed by atoms with E-state index in [1.54, 1.807) is 24.3 Å². The smallest absolute Gasteiger partial charge is 0.270 e. The van der Waals surface area contributed by atoms with E-state index in [4.69, 9.17) is 9.47 Å². The van der Waals surface area contributed by atoms with Crippen LogP contribution in [0.3, 0.4) is 0 Å². The normalized spacial score (nSPS) is 13.8. The van der Waals surface area contributed by atoms with Gasteiger partial charge in [0, 0.05) is 12.1 Å². The number of fused-ring (bicyclic) bond motifs is 1.